The molecule has 0 atom stereocenters. The molecule has 0 aliphatic rings. The van der Waals surface area contributed by atoms with Crippen molar-refractivity contribution in [3.8, 4) is 11.4 Å². The van der Waals surface area contributed by atoms with Gasteiger partial charge in [0.1, 0.15) is 5.82 Å². The number of aromatic amines is 1. The van der Waals surface area contributed by atoms with Crippen molar-refractivity contribution in [3.05, 3.63) is 41.7 Å². The Kier molecular flexibility index (Phi) is 2.33. The van der Waals surface area contributed by atoms with Crippen molar-refractivity contribution in [2.45, 2.75) is 13.5 Å². The third-order valence-corrected chi connectivity index (χ3v) is 2.25. The van der Waals surface area contributed by atoms with Crippen molar-refractivity contribution < 1.29 is 0 Å². The monoisotopic (exact) mass is 187 g/mol. The quantitative estimate of drug-likeness (QED) is 0.753. The van der Waals surface area contributed by atoms with Gasteiger partial charge in [-0.2, -0.15) is 0 Å². The van der Waals surface area contributed by atoms with Crippen molar-refractivity contribution in [3.63, 3.8) is 0 Å². The van der Waals surface area contributed by atoms with Crippen LogP contribution in [0.1, 0.15) is 11.3 Å². The average molecular weight is 187 g/mol. The zero-order chi connectivity index (χ0) is 9.97. The van der Waals surface area contributed by atoms with Gasteiger partial charge in [-0.3, -0.25) is 0 Å². The summed E-state index contributed by atoms with van der Waals surface area (Å²) in [6.07, 6.45) is 1.78. The molecule has 0 aliphatic carbocycles. The number of aryl methyl sites for hydroxylation is 1. The maximum atomic E-state index is 5.51. The van der Waals surface area contributed by atoms with E-state index in [1.54, 1.807) is 6.20 Å². The maximum absolute atomic E-state index is 5.51. The van der Waals surface area contributed by atoms with Gasteiger partial charge in [0, 0.05) is 24.0 Å². The van der Waals surface area contributed by atoms with E-state index in [-0.39, 0.29) is 0 Å². The highest BCUT2D eigenvalue weighted by Crippen LogP contribution is 2.19. The number of hydrogen-bond acceptors (Lipinski definition) is 2. The summed E-state index contributed by atoms with van der Waals surface area (Å²) in [7, 11) is 0. The lowest BCUT2D eigenvalue weighted by Gasteiger charge is -2.00. The zero-order valence-corrected chi connectivity index (χ0v) is 8.12. The van der Waals surface area contributed by atoms with Crippen molar-refractivity contribution >= 4 is 0 Å². The Morgan fingerprint density at radius 1 is 1.36 bits per heavy atom. The minimum Gasteiger partial charge on any atom is -0.341 e. The van der Waals surface area contributed by atoms with Gasteiger partial charge in [-0.1, -0.05) is 24.3 Å². The van der Waals surface area contributed by atoms with Crippen LogP contribution in [0.5, 0.6) is 0 Å². The first-order valence-corrected chi connectivity index (χ1v) is 4.61. The van der Waals surface area contributed by atoms with Crippen molar-refractivity contribution in [1.82, 2.24) is 9.97 Å². The molecular weight excluding hydrogens is 174 g/mol. The van der Waals surface area contributed by atoms with Crippen LogP contribution in [-0.2, 0) is 6.54 Å². The Balaban J connectivity index is 2.44. The third kappa shape index (κ3) is 1.54. The van der Waals surface area contributed by atoms with Gasteiger partial charge in [-0.05, 0) is 12.5 Å². The summed E-state index contributed by atoms with van der Waals surface area (Å²) in [5, 5.41) is 0. The van der Waals surface area contributed by atoms with Crippen LogP contribution in [-0.4, -0.2) is 9.97 Å². The minimum absolute atomic E-state index is 0.499. The van der Waals surface area contributed by atoms with Crippen molar-refractivity contribution in [2.24, 2.45) is 5.73 Å². The number of nitrogens with one attached hydrogen (secondary N) is 1. The normalized spacial score (nSPS) is 10.4. The summed E-state index contributed by atoms with van der Waals surface area (Å²) >= 11 is 0. The molecule has 72 valence electrons. The second-order valence-electron chi connectivity index (χ2n) is 3.28. The molecule has 0 radical (unpaired) electrons. The zero-order valence-electron chi connectivity index (χ0n) is 8.12. The molecule has 0 saturated heterocycles. The molecular formula is C11H13N3. The third-order valence-electron chi connectivity index (χ3n) is 2.25. The van der Waals surface area contributed by atoms with Gasteiger partial charge in [0.05, 0.1) is 0 Å². The molecule has 1 aromatic carbocycles. The summed E-state index contributed by atoms with van der Waals surface area (Å²) in [6.45, 7) is 2.57. The first-order chi connectivity index (χ1) is 6.81. The van der Waals surface area contributed by atoms with Crippen molar-refractivity contribution in [1.29, 1.82) is 0 Å². The summed E-state index contributed by atoms with van der Waals surface area (Å²) in [4.78, 5) is 7.47. The lowest BCUT2D eigenvalue weighted by molar-refractivity contribution is 1.01. The number of nitrogens with two attached hydrogens (primary N) is 1. The Morgan fingerprint density at radius 3 is 2.79 bits per heavy atom. The van der Waals surface area contributed by atoms with Crippen LogP contribution in [0.2, 0.25) is 0 Å². The highest BCUT2D eigenvalue weighted by Gasteiger charge is 2.04. The van der Waals surface area contributed by atoms with E-state index in [0.29, 0.717) is 6.54 Å². The van der Waals surface area contributed by atoms with E-state index in [9.17, 15) is 0 Å². The molecule has 2 rings (SSSR count). The topological polar surface area (TPSA) is 54.7 Å². The molecule has 14 heavy (non-hydrogen) atoms. The van der Waals surface area contributed by atoms with Crippen LogP contribution in [0, 0.1) is 6.92 Å². The summed E-state index contributed by atoms with van der Waals surface area (Å²) in [5.74, 6) is 0.892. The molecule has 0 fully saturated rings. The van der Waals surface area contributed by atoms with E-state index in [1.165, 1.54) is 5.56 Å². The largest absolute Gasteiger partial charge is 0.341 e. The first-order valence-electron chi connectivity index (χ1n) is 4.61. The Bertz CT molecular complexity index is 432. The number of imidazole rings is 1. The maximum Gasteiger partial charge on any atom is 0.137 e. The van der Waals surface area contributed by atoms with Gasteiger partial charge in [0.15, 0.2) is 0 Å². The molecule has 1 heterocycles. The lowest BCUT2D eigenvalue weighted by Crippen LogP contribution is -1.95. The summed E-state index contributed by atoms with van der Waals surface area (Å²) < 4.78 is 0. The van der Waals surface area contributed by atoms with Crippen molar-refractivity contribution in [2.75, 3.05) is 0 Å². The number of benzene rings is 1. The van der Waals surface area contributed by atoms with Gasteiger partial charge in [0.25, 0.3) is 0 Å². The number of rotatable bonds is 2. The first kappa shape index (κ1) is 8.97. The standard InChI is InChI=1S/C11H13N3/c1-8-4-2-3-5-10(8)11-13-7-9(6-12)14-11/h2-5,7H,6,12H2,1H3,(H,13,14). The van der Waals surface area contributed by atoms with E-state index in [4.69, 9.17) is 5.73 Å². The second-order valence-corrected chi connectivity index (χ2v) is 3.28. The molecule has 0 unspecified atom stereocenters. The van der Waals surface area contributed by atoms with E-state index in [1.807, 2.05) is 12.1 Å². The number of nitrogens with zero attached hydrogens (tertiary/aromatic N) is 1. The fourth-order valence-electron chi connectivity index (χ4n) is 1.44. The predicted molar refractivity (Wildman–Crippen MR) is 56.7 cm³/mol. The molecule has 3 heteroatoms. The van der Waals surface area contributed by atoms with E-state index in [2.05, 4.69) is 29.0 Å². The van der Waals surface area contributed by atoms with E-state index >= 15 is 0 Å². The fraction of sp³-hybridized carbons (Fsp3) is 0.182. The highest BCUT2D eigenvalue weighted by molar-refractivity contribution is 5.59. The van der Waals surface area contributed by atoms with Crippen LogP contribution in [0.25, 0.3) is 11.4 Å². The van der Waals surface area contributed by atoms with Crippen LogP contribution >= 0.6 is 0 Å². The molecule has 0 amide bonds. The summed E-state index contributed by atoms with van der Waals surface area (Å²) in [6, 6.07) is 8.15. The van der Waals surface area contributed by atoms with E-state index in [0.717, 1.165) is 17.1 Å². The Hall–Kier alpha value is -1.61. The molecule has 0 spiro atoms. The van der Waals surface area contributed by atoms with Gasteiger partial charge in [-0.15, -0.1) is 0 Å². The molecule has 3 nitrogen and oxygen atoms in total. The average Bonchev–Trinajstić information content (AvgIpc) is 2.67. The van der Waals surface area contributed by atoms with Gasteiger partial charge in [0.2, 0.25) is 0 Å². The van der Waals surface area contributed by atoms with Gasteiger partial charge >= 0.3 is 0 Å². The van der Waals surface area contributed by atoms with Crippen LogP contribution < -0.4 is 5.73 Å². The molecule has 0 saturated carbocycles. The van der Waals surface area contributed by atoms with Gasteiger partial charge in [-0.25, -0.2) is 4.98 Å². The van der Waals surface area contributed by atoms with Gasteiger partial charge < -0.3 is 10.7 Å². The highest BCUT2D eigenvalue weighted by atomic mass is 14.9. The van der Waals surface area contributed by atoms with Crippen LogP contribution in [0.15, 0.2) is 30.5 Å². The second kappa shape index (κ2) is 3.64. The number of H-pyrrole nitrogens is 1. The lowest BCUT2D eigenvalue weighted by atomic mass is 10.1. The Labute approximate surface area is 83.0 Å². The Morgan fingerprint density at radius 2 is 2.14 bits per heavy atom. The molecule has 1 aromatic heterocycles. The smallest absolute Gasteiger partial charge is 0.137 e. The van der Waals surface area contributed by atoms with Crippen LogP contribution in [0.4, 0.5) is 0 Å². The van der Waals surface area contributed by atoms with E-state index < -0.39 is 0 Å². The predicted octanol–water partition coefficient (Wildman–Crippen LogP) is 1.84. The fourth-order valence-corrected chi connectivity index (χ4v) is 1.44. The molecule has 2 aromatic rings. The minimum atomic E-state index is 0.499. The molecule has 3 N–H and O–H groups in total. The summed E-state index contributed by atoms with van der Waals surface area (Å²) in [5.41, 5.74) is 8.81. The number of hydrogen-bond donors (Lipinski definition) is 2. The molecule has 0 bridgehead atoms. The number of aromatic nitrogens is 2. The molecule has 0 aliphatic heterocycles. The van der Waals surface area contributed by atoms with Crippen LogP contribution in [0.3, 0.4) is 0 Å². The SMILES string of the molecule is Cc1ccccc1-c1ncc(CN)[nH]1.